The largest absolute Gasteiger partial charge is 0.464 e. The fourth-order valence-corrected chi connectivity index (χ4v) is 4.66. The van der Waals surface area contributed by atoms with Crippen molar-refractivity contribution in [3.63, 3.8) is 0 Å². The van der Waals surface area contributed by atoms with Gasteiger partial charge in [-0.2, -0.15) is 0 Å². The van der Waals surface area contributed by atoms with E-state index in [4.69, 9.17) is 4.74 Å². The standard InChI is InChI=1S/C20H21N3O3S2/c1-11(2)15-17(27-12(3)21-15)18(24)23-20-22-16(19(25)26-4)14(28-20)10-13-8-6-5-7-9-13/h5-9,11H,10H2,1-4H3,(H,22,23,24). The highest BCUT2D eigenvalue weighted by atomic mass is 32.1. The van der Waals surface area contributed by atoms with Gasteiger partial charge in [0.05, 0.1) is 17.8 Å². The molecule has 6 nitrogen and oxygen atoms in total. The van der Waals surface area contributed by atoms with Gasteiger partial charge < -0.3 is 4.74 Å². The van der Waals surface area contributed by atoms with Crippen molar-refractivity contribution in [3.05, 3.63) is 62.0 Å². The van der Waals surface area contributed by atoms with Crippen LogP contribution in [0.2, 0.25) is 0 Å². The van der Waals surface area contributed by atoms with Crippen molar-refractivity contribution in [1.29, 1.82) is 0 Å². The molecule has 2 heterocycles. The molecule has 0 fully saturated rings. The van der Waals surface area contributed by atoms with Crippen molar-refractivity contribution in [2.45, 2.75) is 33.1 Å². The fourth-order valence-electron chi connectivity index (χ4n) is 2.71. The molecule has 0 unspecified atom stereocenters. The number of hydrogen-bond acceptors (Lipinski definition) is 7. The van der Waals surface area contributed by atoms with Gasteiger partial charge in [0, 0.05) is 11.3 Å². The number of anilines is 1. The predicted molar refractivity (Wildman–Crippen MR) is 112 cm³/mol. The maximum absolute atomic E-state index is 12.8. The minimum atomic E-state index is -0.515. The molecular weight excluding hydrogens is 394 g/mol. The third-order valence-corrected chi connectivity index (χ3v) is 5.97. The molecule has 28 heavy (non-hydrogen) atoms. The number of rotatable bonds is 6. The Labute approximate surface area is 171 Å². The van der Waals surface area contributed by atoms with Gasteiger partial charge in [-0.25, -0.2) is 14.8 Å². The van der Waals surface area contributed by atoms with E-state index in [-0.39, 0.29) is 17.5 Å². The zero-order valence-corrected chi connectivity index (χ0v) is 17.7. The number of esters is 1. The molecule has 0 saturated carbocycles. The molecule has 0 atom stereocenters. The number of amides is 1. The van der Waals surface area contributed by atoms with Crippen LogP contribution in [0.5, 0.6) is 0 Å². The maximum Gasteiger partial charge on any atom is 0.357 e. The molecule has 0 saturated heterocycles. The molecule has 0 aliphatic heterocycles. The van der Waals surface area contributed by atoms with Crippen LogP contribution in [0.1, 0.15) is 61.1 Å². The molecule has 0 aliphatic carbocycles. The summed E-state index contributed by atoms with van der Waals surface area (Å²) in [6, 6.07) is 9.78. The summed E-state index contributed by atoms with van der Waals surface area (Å²) in [5.41, 5.74) is 2.06. The fraction of sp³-hybridized carbons (Fsp3) is 0.300. The molecule has 0 aliphatic rings. The summed E-state index contributed by atoms with van der Waals surface area (Å²) >= 11 is 2.64. The van der Waals surface area contributed by atoms with Crippen molar-refractivity contribution in [2.75, 3.05) is 12.4 Å². The Kier molecular flexibility index (Phi) is 6.21. The van der Waals surface area contributed by atoms with Crippen LogP contribution in [0.4, 0.5) is 5.13 Å². The first-order valence-corrected chi connectivity index (χ1v) is 10.4. The minimum Gasteiger partial charge on any atom is -0.464 e. The third-order valence-electron chi connectivity index (χ3n) is 4.02. The molecule has 8 heteroatoms. The predicted octanol–water partition coefficient (Wildman–Crippen LogP) is 4.66. The van der Waals surface area contributed by atoms with Crippen LogP contribution in [0, 0.1) is 6.92 Å². The van der Waals surface area contributed by atoms with Crippen LogP contribution in [0.15, 0.2) is 30.3 Å². The minimum absolute atomic E-state index is 0.140. The highest BCUT2D eigenvalue weighted by Crippen LogP contribution is 2.29. The molecule has 0 spiro atoms. The van der Waals surface area contributed by atoms with Gasteiger partial charge in [0.15, 0.2) is 10.8 Å². The van der Waals surface area contributed by atoms with Gasteiger partial charge in [-0.1, -0.05) is 44.2 Å². The van der Waals surface area contributed by atoms with Crippen molar-refractivity contribution < 1.29 is 14.3 Å². The van der Waals surface area contributed by atoms with Gasteiger partial charge in [0.1, 0.15) is 4.88 Å². The summed E-state index contributed by atoms with van der Waals surface area (Å²) in [4.78, 5) is 35.0. The van der Waals surface area contributed by atoms with Gasteiger partial charge >= 0.3 is 5.97 Å². The van der Waals surface area contributed by atoms with Gasteiger partial charge in [-0.3, -0.25) is 10.1 Å². The Hall–Kier alpha value is -2.58. The molecule has 3 rings (SSSR count). The zero-order chi connectivity index (χ0) is 20.3. The van der Waals surface area contributed by atoms with E-state index in [1.54, 1.807) is 0 Å². The zero-order valence-electron chi connectivity index (χ0n) is 16.1. The summed E-state index contributed by atoms with van der Waals surface area (Å²) < 4.78 is 4.86. The van der Waals surface area contributed by atoms with E-state index in [1.165, 1.54) is 29.8 Å². The molecule has 1 amide bonds. The molecule has 0 radical (unpaired) electrons. The molecule has 1 aromatic carbocycles. The van der Waals surface area contributed by atoms with Crippen LogP contribution in [0.25, 0.3) is 0 Å². The highest BCUT2D eigenvalue weighted by molar-refractivity contribution is 7.16. The van der Waals surface area contributed by atoms with Crippen LogP contribution in [-0.2, 0) is 11.2 Å². The summed E-state index contributed by atoms with van der Waals surface area (Å²) in [6.07, 6.45) is 0.537. The SMILES string of the molecule is COC(=O)c1nc(NC(=O)c2sc(C)nc2C(C)C)sc1Cc1ccccc1. The Balaban J connectivity index is 1.88. The Morgan fingerprint density at radius 2 is 1.86 bits per heavy atom. The smallest absolute Gasteiger partial charge is 0.357 e. The van der Waals surface area contributed by atoms with E-state index in [9.17, 15) is 9.59 Å². The van der Waals surface area contributed by atoms with Crippen LogP contribution >= 0.6 is 22.7 Å². The number of thiazole rings is 2. The molecular formula is C20H21N3O3S2. The van der Waals surface area contributed by atoms with Crippen molar-refractivity contribution >= 4 is 39.7 Å². The second kappa shape index (κ2) is 8.62. The normalized spacial score (nSPS) is 10.9. The topological polar surface area (TPSA) is 81.2 Å². The first-order chi connectivity index (χ1) is 13.4. The number of nitrogens with zero attached hydrogens (tertiary/aromatic N) is 2. The average Bonchev–Trinajstić information content (AvgIpc) is 3.25. The summed E-state index contributed by atoms with van der Waals surface area (Å²) in [5, 5.41) is 4.04. The monoisotopic (exact) mass is 415 g/mol. The van der Waals surface area contributed by atoms with Crippen LogP contribution < -0.4 is 5.32 Å². The molecule has 2 aromatic heterocycles. The molecule has 0 bridgehead atoms. The van der Waals surface area contributed by atoms with E-state index in [0.29, 0.717) is 16.4 Å². The van der Waals surface area contributed by atoms with Gasteiger partial charge in [-0.15, -0.1) is 22.7 Å². The number of methoxy groups -OCH3 is 1. The van der Waals surface area contributed by atoms with E-state index < -0.39 is 5.97 Å². The number of ether oxygens (including phenoxy) is 1. The lowest BCUT2D eigenvalue weighted by Gasteiger charge is -2.04. The van der Waals surface area contributed by atoms with E-state index in [1.807, 2.05) is 51.1 Å². The number of aryl methyl sites for hydroxylation is 1. The molecule has 146 valence electrons. The van der Waals surface area contributed by atoms with E-state index >= 15 is 0 Å². The second-order valence-electron chi connectivity index (χ2n) is 6.50. The van der Waals surface area contributed by atoms with Gasteiger partial charge in [0.2, 0.25) is 0 Å². The van der Waals surface area contributed by atoms with Crippen LogP contribution in [0.3, 0.4) is 0 Å². The summed E-state index contributed by atoms with van der Waals surface area (Å²) in [6.45, 7) is 5.88. The lowest BCUT2D eigenvalue weighted by atomic mass is 10.1. The number of aromatic nitrogens is 2. The van der Waals surface area contributed by atoms with Crippen molar-refractivity contribution in [3.8, 4) is 0 Å². The summed E-state index contributed by atoms with van der Waals surface area (Å²) in [5.74, 6) is -0.633. The maximum atomic E-state index is 12.8. The lowest BCUT2D eigenvalue weighted by Crippen LogP contribution is -2.13. The lowest BCUT2D eigenvalue weighted by molar-refractivity contribution is 0.0593. The van der Waals surface area contributed by atoms with Gasteiger partial charge in [0.25, 0.3) is 5.91 Å². The Bertz CT molecular complexity index is 994. The number of benzene rings is 1. The first-order valence-electron chi connectivity index (χ1n) is 8.79. The van der Waals surface area contributed by atoms with Crippen molar-refractivity contribution in [2.24, 2.45) is 0 Å². The number of carbonyl (C=O) groups excluding carboxylic acids is 2. The summed E-state index contributed by atoms with van der Waals surface area (Å²) in [7, 11) is 1.32. The third kappa shape index (κ3) is 4.45. The van der Waals surface area contributed by atoms with Gasteiger partial charge in [-0.05, 0) is 18.4 Å². The Morgan fingerprint density at radius 1 is 1.14 bits per heavy atom. The molecule has 3 aromatic rings. The van der Waals surface area contributed by atoms with Crippen molar-refractivity contribution in [1.82, 2.24) is 9.97 Å². The first kappa shape index (κ1) is 20.2. The number of hydrogen-bond donors (Lipinski definition) is 1. The van der Waals surface area contributed by atoms with Crippen LogP contribution in [-0.4, -0.2) is 29.0 Å². The van der Waals surface area contributed by atoms with E-state index in [2.05, 4.69) is 15.3 Å². The second-order valence-corrected chi connectivity index (χ2v) is 8.79. The number of carbonyl (C=O) groups is 2. The quantitative estimate of drug-likeness (QED) is 0.592. The number of nitrogens with one attached hydrogen (secondary N) is 1. The van der Waals surface area contributed by atoms with E-state index in [0.717, 1.165) is 21.1 Å². The Morgan fingerprint density at radius 3 is 2.50 bits per heavy atom. The highest BCUT2D eigenvalue weighted by Gasteiger charge is 2.23. The molecule has 1 N–H and O–H groups in total. The average molecular weight is 416 g/mol.